The van der Waals surface area contributed by atoms with Crippen molar-refractivity contribution in [3.05, 3.63) is 11.0 Å². The molecule has 4 amide bonds. The molecule has 12 heteroatoms. The lowest BCUT2D eigenvalue weighted by Gasteiger charge is -2.28. The number of carbonyl (C=O) groups excluding carboxylic acids is 4. The quantitative estimate of drug-likeness (QED) is 0.171. The van der Waals surface area contributed by atoms with Gasteiger partial charge < -0.3 is 29.6 Å². The normalized spacial score (nSPS) is 14.2. The highest BCUT2D eigenvalue weighted by Gasteiger charge is 2.30. The molecule has 2 N–H and O–H groups in total. The van der Waals surface area contributed by atoms with Crippen molar-refractivity contribution in [3.8, 4) is 0 Å². The second-order valence-corrected chi connectivity index (χ2v) is 10.4. The smallest absolute Gasteiger partial charge is 0.267 e. The fourth-order valence-electron chi connectivity index (χ4n) is 3.08. The molecule has 0 spiro atoms. The highest BCUT2D eigenvalue weighted by Crippen LogP contribution is 2.22. The summed E-state index contributed by atoms with van der Waals surface area (Å²) in [5.41, 5.74) is -1.25. The van der Waals surface area contributed by atoms with Gasteiger partial charge >= 0.3 is 0 Å². The molecule has 0 radical (unpaired) electrons. The molecule has 37 heavy (non-hydrogen) atoms. The maximum Gasteiger partial charge on any atom is 0.267 e. The van der Waals surface area contributed by atoms with E-state index in [-0.39, 0.29) is 42.2 Å². The van der Waals surface area contributed by atoms with Crippen LogP contribution in [0.3, 0.4) is 0 Å². The van der Waals surface area contributed by atoms with Crippen LogP contribution in [0.2, 0.25) is 0 Å². The fraction of sp³-hybridized carbons (Fsp3) is 0.760. The fourth-order valence-corrected chi connectivity index (χ4v) is 3.59. The van der Waals surface area contributed by atoms with Crippen LogP contribution in [0.15, 0.2) is 11.0 Å². The van der Waals surface area contributed by atoms with Gasteiger partial charge in [0.15, 0.2) is 0 Å². The molecule has 1 aliphatic rings. The summed E-state index contributed by atoms with van der Waals surface area (Å²) in [6, 6.07) is 0. The van der Waals surface area contributed by atoms with Crippen LogP contribution in [0.5, 0.6) is 0 Å². The number of methoxy groups -OCH3 is 1. The summed E-state index contributed by atoms with van der Waals surface area (Å²) in [5.74, 6) is -1.00. The van der Waals surface area contributed by atoms with Gasteiger partial charge in [0.1, 0.15) is 5.60 Å². The van der Waals surface area contributed by atoms with E-state index in [0.717, 1.165) is 4.90 Å². The largest absolute Gasteiger partial charge is 0.379 e. The lowest BCUT2D eigenvalue weighted by molar-refractivity contribution is -0.145. The molecule has 212 valence electrons. The predicted molar refractivity (Wildman–Crippen MR) is 141 cm³/mol. The van der Waals surface area contributed by atoms with Crippen LogP contribution in [0.1, 0.15) is 47.0 Å². The summed E-state index contributed by atoms with van der Waals surface area (Å²) in [7, 11) is 1.65. The van der Waals surface area contributed by atoms with E-state index < -0.39 is 5.60 Å². The SMILES string of the molecule is COC(C)(C)CCOC(C)(C)C(=O)NCCOCCOCCNC(=O)CCCN1C(=O)C=C(SC)C1=O. The Morgan fingerprint density at radius 3 is 2.16 bits per heavy atom. The van der Waals surface area contributed by atoms with Crippen molar-refractivity contribution in [2.45, 2.75) is 58.2 Å². The van der Waals surface area contributed by atoms with Crippen LogP contribution in [-0.4, -0.2) is 106 Å². The minimum absolute atomic E-state index is 0.165. The molecule has 0 saturated carbocycles. The van der Waals surface area contributed by atoms with Crippen LogP contribution in [0.4, 0.5) is 0 Å². The highest BCUT2D eigenvalue weighted by atomic mass is 32.2. The van der Waals surface area contributed by atoms with Crippen LogP contribution < -0.4 is 10.6 Å². The van der Waals surface area contributed by atoms with E-state index in [4.69, 9.17) is 18.9 Å². The monoisotopic (exact) mass is 545 g/mol. The zero-order chi connectivity index (χ0) is 27.9. The first-order valence-corrected chi connectivity index (χ1v) is 13.7. The molecule has 0 aromatic carbocycles. The average Bonchev–Trinajstić information content (AvgIpc) is 3.12. The zero-order valence-corrected chi connectivity index (χ0v) is 23.8. The Bertz CT molecular complexity index is 801. The number of ether oxygens (including phenoxy) is 4. The highest BCUT2D eigenvalue weighted by molar-refractivity contribution is 8.03. The number of carbonyl (C=O) groups is 4. The van der Waals surface area contributed by atoms with E-state index in [2.05, 4.69) is 10.6 Å². The Morgan fingerprint density at radius 2 is 1.59 bits per heavy atom. The van der Waals surface area contributed by atoms with Crippen molar-refractivity contribution in [1.29, 1.82) is 0 Å². The Labute approximate surface area is 224 Å². The minimum Gasteiger partial charge on any atom is -0.379 e. The summed E-state index contributed by atoms with van der Waals surface area (Å²) in [4.78, 5) is 49.6. The van der Waals surface area contributed by atoms with Gasteiger partial charge in [0, 0.05) is 39.2 Å². The van der Waals surface area contributed by atoms with E-state index >= 15 is 0 Å². The van der Waals surface area contributed by atoms with Gasteiger partial charge in [-0.2, -0.15) is 0 Å². The van der Waals surface area contributed by atoms with E-state index in [1.807, 2.05) is 13.8 Å². The number of nitrogens with one attached hydrogen (secondary N) is 2. The van der Waals surface area contributed by atoms with Crippen molar-refractivity contribution in [2.75, 3.05) is 66.0 Å². The Balaban J connectivity index is 1.99. The summed E-state index contributed by atoms with van der Waals surface area (Å²) < 4.78 is 21.9. The van der Waals surface area contributed by atoms with Crippen LogP contribution in [0.25, 0.3) is 0 Å². The van der Waals surface area contributed by atoms with E-state index in [1.54, 1.807) is 27.2 Å². The number of rotatable bonds is 20. The van der Waals surface area contributed by atoms with Gasteiger partial charge in [0.25, 0.3) is 17.7 Å². The maximum atomic E-state index is 12.3. The minimum atomic E-state index is -0.949. The molecule has 0 bridgehead atoms. The molecular formula is C25H43N3O8S. The van der Waals surface area contributed by atoms with E-state index in [1.165, 1.54) is 17.8 Å². The molecule has 11 nitrogen and oxygen atoms in total. The van der Waals surface area contributed by atoms with Gasteiger partial charge in [0.05, 0.1) is 43.5 Å². The van der Waals surface area contributed by atoms with Gasteiger partial charge in [-0.15, -0.1) is 11.8 Å². The number of imide groups is 1. The van der Waals surface area contributed by atoms with Crippen molar-refractivity contribution < 1.29 is 38.1 Å². The van der Waals surface area contributed by atoms with Crippen molar-refractivity contribution in [2.24, 2.45) is 0 Å². The first-order chi connectivity index (χ1) is 17.4. The second kappa shape index (κ2) is 16.8. The molecule has 0 aliphatic carbocycles. The van der Waals surface area contributed by atoms with Gasteiger partial charge in [-0.1, -0.05) is 0 Å². The lowest BCUT2D eigenvalue weighted by Crippen LogP contribution is -2.46. The van der Waals surface area contributed by atoms with Crippen molar-refractivity contribution in [3.63, 3.8) is 0 Å². The molecule has 1 aliphatic heterocycles. The molecule has 1 heterocycles. The second-order valence-electron chi connectivity index (χ2n) is 9.51. The Morgan fingerprint density at radius 1 is 0.973 bits per heavy atom. The number of thioether (sulfide) groups is 1. The van der Waals surface area contributed by atoms with Gasteiger partial charge in [-0.3, -0.25) is 24.1 Å². The molecule has 0 unspecified atom stereocenters. The van der Waals surface area contributed by atoms with Crippen LogP contribution in [-0.2, 0) is 38.1 Å². The third kappa shape index (κ3) is 12.9. The number of hydrogen-bond acceptors (Lipinski definition) is 9. The van der Waals surface area contributed by atoms with Gasteiger partial charge in [-0.05, 0) is 46.8 Å². The van der Waals surface area contributed by atoms with E-state index in [0.29, 0.717) is 63.9 Å². The first kappa shape index (κ1) is 33.0. The van der Waals surface area contributed by atoms with Crippen LogP contribution in [0, 0.1) is 0 Å². The third-order valence-electron chi connectivity index (χ3n) is 5.72. The lowest BCUT2D eigenvalue weighted by atomic mass is 10.1. The predicted octanol–water partition coefficient (Wildman–Crippen LogP) is 1.26. The zero-order valence-electron chi connectivity index (χ0n) is 23.0. The molecule has 0 saturated heterocycles. The molecule has 0 fully saturated rings. The number of hydrogen-bond donors (Lipinski definition) is 2. The average molecular weight is 546 g/mol. The topological polar surface area (TPSA) is 132 Å². The Kier molecular flexibility index (Phi) is 15.0. The maximum absolute atomic E-state index is 12.3. The van der Waals surface area contributed by atoms with Gasteiger partial charge in [0.2, 0.25) is 5.91 Å². The van der Waals surface area contributed by atoms with Crippen molar-refractivity contribution in [1.82, 2.24) is 15.5 Å². The summed E-state index contributed by atoms with van der Waals surface area (Å²) in [5, 5.41) is 5.54. The third-order valence-corrected chi connectivity index (χ3v) is 6.45. The standard InChI is InChI=1S/C25H43N3O8S/c1-24(2,33-5)9-13-36-25(3,4)23(32)27-11-15-35-17-16-34-14-10-26-20(29)8-7-12-28-21(30)18-19(37-6)22(28)31/h18H,7-17H2,1-6H3,(H,26,29)(H,27,32). The molecular weight excluding hydrogens is 502 g/mol. The van der Waals surface area contributed by atoms with Gasteiger partial charge in [-0.25, -0.2) is 0 Å². The molecule has 0 aromatic rings. The summed E-state index contributed by atoms with van der Waals surface area (Å²) >= 11 is 1.24. The number of amides is 4. The first-order valence-electron chi connectivity index (χ1n) is 12.4. The molecule has 0 aromatic heterocycles. The molecule has 1 rings (SSSR count). The summed E-state index contributed by atoms with van der Waals surface area (Å²) in [6.45, 7) is 10.1. The number of nitrogens with zero attached hydrogens (tertiary/aromatic N) is 1. The van der Waals surface area contributed by atoms with Crippen LogP contribution >= 0.6 is 11.8 Å². The summed E-state index contributed by atoms with van der Waals surface area (Å²) in [6.07, 6.45) is 4.36. The van der Waals surface area contributed by atoms with E-state index in [9.17, 15) is 19.2 Å². The molecule has 0 atom stereocenters. The van der Waals surface area contributed by atoms with Crippen molar-refractivity contribution >= 4 is 35.4 Å². The Hall–Kier alpha value is -1.99.